The third kappa shape index (κ3) is 3.54. The Balaban J connectivity index is 2.47. The maximum absolute atomic E-state index is 12.9. The van der Waals surface area contributed by atoms with Crippen molar-refractivity contribution in [2.75, 3.05) is 13.1 Å². The first-order chi connectivity index (χ1) is 9.75. The van der Waals surface area contributed by atoms with E-state index in [4.69, 9.17) is 27.9 Å². The zero-order valence-electron chi connectivity index (χ0n) is 12.3. The highest BCUT2D eigenvalue weighted by atomic mass is 35.5. The van der Waals surface area contributed by atoms with Crippen molar-refractivity contribution in [3.05, 3.63) is 28.3 Å². The van der Waals surface area contributed by atoms with Gasteiger partial charge < -0.3 is 4.74 Å². The molecule has 1 fully saturated rings. The van der Waals surface area contributed by atoms with E-state index in [0.717, 1.165) is 5.56 Å². The normalized spacial score (nSPS) is 24.2. The Bertz CT molecular complexity index is 623. The van der Waals surface area contributed by atoms with E-state index < -0.39 is 10.0 Å². The van der Waals surface area contributed by atoms with Crippen molar-refractivity contribution in [2.24, 2.45) is 0 Å². The van der Waals surface area contributed by atoms with Crippen molar-refractivity contribution < 1.29 is 13.2 Å². The molecular formula is C14H19Cl2NO3S. The summed E-state index contributed by atoms with van der Waals surface area (Å²) >= 11 is 11.9. The van der Waals surface area contributed by atoms with Gasteiger partial charge in [-0.3, -0.25) is 0 Å². The van der Waals surface area contributed by atoms with Crippen molar-refractivity contribution in [1.82, 2.24) is 4.31 Å². The molecule has 2 rings (SSSR count). The number of ether oxygens (including phenoxy) is 1. The van der Waals surface area contributed by atoms with Crippen LogP contribution in [0.2, 0.25) is 5.02 Å². The highest BCUT2D eigenvalue weighted by Crippen LogP contribution is 2.29. The SMILES string of the molecule is Cc1c(CCl)cc(Cl)cc1S(=O)(=O)N1CC(C)OC(C)C1. The second-order valence-electron chi connectivity index (χ2n) is 5.40. The molecule has 2 unspecified atom stereocenters. The third-order valence-electron chi connectivity index (χ3n) is 3.58. The molecule has 1 aromatic rings. The van der Waals surface area contributed by atoms with Gasteiger partial charge in [-0.1, -0.05) is 11.6 Å². The zero-order valence-corrected chi connectivity index (χ0v) is 14.6. The molecule has 0 N–H and O–H groups in total. The summed E-state index contributed by atoms with van der Waals surface area (Å²) in [4.78, 5) is 0.229. The Morgan fingerprint density at radius 3 is 2.38 bits per heavy atom. The second kappa shape index (κ2) is 6.42. The molecule has 0 aromatic heterocycles. The van der Waals surface area contributed by atoms with Gasteiger partial charge in [-0.15, -0.1) is 11.6 Å². The molecule has 0 aliphatic carbocycles. The molecule has 1 aliphatic rings. The molecule has 7 heteroatoms. The maximum Gasteiger partial charge on any atom is 0.243 e. The summed E-state index contributed by atoms with van der Waals surface area (Å²) < 4.78 is 32.8. The Kier molecular flexibility index (Phi) is 5.21. The van der Waals surface area contributed by atoms with Gasteiger partial charge in [0, 0.05) is 24.0 Å². The molecule has 1 aromatic carbocycles. The lowest BCUT2D eigenvalue weighted by Gasteiger charge is -2.34. The summed E-state index contributed by atoms with van der Waals surface area (Å²) in [6.07, 6.45) is -0.258. The van der Waals surface area contributed by atoms with Gasteiger partial charge in [0.1, 0.15) is 0 Å². The van der Waals surface area contributed by atoms with Crippen molar-refractivity contribution >= 4 is 33.2 Å². The van der Waals surface area contributed by atoms with Gasteiger partial charge >= 0.3 is 0 Å². The number of sulfonamides is 1. The molecule has 21 heavy (non-hydrogen) atoms. The van der Waals surface area contributed by atoms with Gasteiger partial charge in [0.15, 0.2) is 0 Å². The third-order valence-corrected chi connectivity index (χ3v) is 6.04. The van der Waals surface area contributed by atoms with Gasteiger partial charge in [0.05, 0.1) is 17.1 Å². The van der Waals surface area contributed by atoms with Crippen LogP contribution in [0, 0.1) is 6.92 Å². The quantitative estimate of drug-likeness (QED) is 0.785. The van der Waals surface area contributed by atoms with Crippen molar-refractivity contribution in [3.63, 3.8) is 0 Å². The van der Waals surface area contributed by atoms with Gasteiger partial charge in [-0.2, -0.15) is 4.31 Å². The lowest BCUT2D eigenvalue weighted by molar-refractivity contribution is -0.0440. The average Bonchev–Trinajstić information content (AvgIpc) is 2.39. The number of hydrogen-bond donors (Lipinski definition) is 0. The van der Waals surface area contributed by atoms with E-state index in [-0.39, 0.29) is 23.0 Å². The molecule has 118 valence electrons. The highest BCUT2D eigenvalue weighted by molar-refractivity contribution is 7.89. The van der Waals surface area contributed by atoms with Gasteiger partial charge in [-0.05, 0) is 44.0 Å². The van der Waals surface area contributed by atoms with Gasteiger partial charge in [0.2, 0.25) is 10.0 Å². The first kappa shape index (κ1) is 17.0. The molecule has 0 spiro atoms. The van der Waals surface area contributed by atoms with Crippen LogP contribution in [0.5, 0.6) is 0 Å². The van der Waals surface area contributed by atoms with Crippen molar-refractivity contribution in [3.8, 4) is 0 Å². The maximum atomic E-state index is 12.9. The average molecular weight is 352 g/mol. The van der Waals surface area contributed by atoms with Gasteiger partial charge in [-0.25, -0.2) is 8.42 Å². The largest absolute Gasteiger partial charge is 0.373 e. The van der Waals surface area contributed by atoms with Crippen LogP contribution in [0.15, 0.2) is 17.0 Å². The van der Waals surface area contributed by atoms with Crippen LogP contribution in [0.25, 0.3) is 0 Å². The second-order valence-corrected chi connectivity index (χ2v) is 8.01. The van der Waals surface area contributed by atoms with Crippen molar-refractivity contribution in [2.45, 2.75) is 43.8 Å². The minimum atomic E-state index is -3.60. The van der Waals surface area contributed by atoms with E-state index in [1.165, 1.54) is 10.4 Å². The van der Waals surface area contributed by atoms with Crippen LogP contribution >= 0.6 is 23.2 Å². The van der Waals surface area contributed by atoms with E-state index >= 15 is 0 Å². The lowest BCUT2D eigenvalue weighted by Crippen LogP contribution is -2.48. The Labute approximate surface area is 136 Å². The summed E-state index contributed by atoms with van der Waals surface area (Å²) in [6, 6.07) is 3.19. The van der Waals surface area contributed by atoms with Crippen LogP contribution in [-0.2, 0) is 20.6 Å². The van der Waals surface area contributed by atoms with Crippen LogP contribution < -0.4 is 0 Å². The summed E-state index contributed by atoms with van der Waals surface area (Å²) in [5.41, 5.74) is 1.39. The molecule has 1 heterocycles. The molecular weight excluding hydrogens is 333 g/mol. The number of benzene rings is 1. The summed E-state index contributed by atoms with van der Waals surface area (Å²) in [5, 5.41) is 0.379. The molecule has 1 aliphatic heterocycles. The molecule has 2 atom stereocenters. The first-order valence-electron chi connectivity index (χ1n) is 6.76. The predicted molar refractivity (Wildman–Crippen MR) is 84.5 cm³/mol. The molecule has 0 bridgehead atoms. The molecule has 0 amide bonds. The molecule has 0 radical (unpaired) electrons. The van der Waals surface area contributed by atoms with Crippen LogP contribution in [0.4, 0.5) is 0 Å². The number of morpholine rings is 1. The monoisotopic (exact) mass is 351 g/mol. The Morgan fingerprint density at radius 2 is 1.86 bits per heavy atom. The first-order valence-corrected chi connectivity index (χ1v) is 9.11. The predicted octanol–water partition coefficient (Wildman–Crippen LogP) is 3.19. The smallest absolute Gasteiger partial charge is 0.243 e. The van der Waals surface area contributed by atoms with Crippen LogP contribution in [0.3, 0.4) is 0 Å². The van der Waals surface area contributed by atoms with Crippen LogP contribution in [0.1, 0.15) is 25.0 Å². The van der Waals surface area contributed by atoms with E-state index in [2.05, 4.69) is 0 Å². The number of nitrogens with zero attached hydrogens (tertiary/aromatic N) is 1. The molecule has 1 saturated heterocycles. The van der Waals surface area contributed by atoms with Crippen LogP contribution in [-0.4, -0.2) is 38.0 Å². The topological polar surface area (TPSA) is 46.6 Å². The lowest BCUT2D eigenvalue weighted by atomic mass is 10.1. The Hall–Kier alpha value is -0.330. The fourth-order valence-electron chi connectivity index (χ4n) is 2.58. The minimum absolute atomic E-state index is 0.129. The number of halogens is 2. The van der Waals surface area contributed by atoms with E-state index in [0.29, 0.717) is 23.7 Å². The van der Waals surface area contributed by atoms with Crippen molar-refractivity contribution in [1.29, 1.82) is 0 Å². The standard InChI is InChI=1S/C14H19Cl2NO3S/c1-9-7-17(8-10(2)20-9)21(18,19)14-5-13(16)4-12(6-15)11(14)3/h4-5,9-10H,6-8H2,1-3H3. The number of alkyl halides is 1. The Morgan fingerprint density at radius 1 is 1.29 bits per heavy atom. The summed E-state index contributed by atoms with van der Waals surface area (Å²) in [5.74, 6) is 0.227. The van der Waals surface area contributed by atoms with E-state index in [9.17, 15) is 8.42 Å². The number of hydrogen-bond acceptors (Lipinski definition) is 3. The summed E-state index contributed by atoms with van der Waals surface area (Å²) in [6.45, 7) is 6.18. The fourth-order valence-corrected chi connectivity index (χ4v) is 5.05. The number of rotatable bonds is 3. The van der Waals surface area contributed by atoms with E-state index in [1.54, 1.807) is 13.0 Å². The van der Waals surface area contributed by atoms with E-state index in [1.807, 2.05) is 13.8 Å². The minimum Gasteiger partial charge on any atom is -0.373 e. The van der Waals surface area contributed by atoms with Gasteiger partial charge in [0.25, 0.3) is 0 Å². The summed E-state index contributed by atoms with van der Waals surface area (Å²) in [7, 11) is -3.60. The fraction of sp³-hybridized carbons (Fsp3) is 0.571. The molecule has 0 saturated carbocycles. The zero-order chi connectivity index (χ0) is 15.8. The highest BCUT2D eigenvalue weighted by Gasteiger charge is 2.33. The molecule has 4 nitrogen and oxygen atoms in total.